The molecule has 80 valence electrons. The number of hydrogen-bond donors (Lipinski definition) is 2. The fourth-order valence-corrected chi connectivity index (χ4v) is 0.928. The second-order valence-corrected chi connectivity index (χ2v) is 2.97. The van der Waals surface area contributed by atoms with Crippen LogP contribution < -0.4 is 5.73 Å². The van der Waals surface area contributed by atoms with Gasteiger partial charge in [0.25, 0.3) is 5.91 Å². The fourth-order valence-electron chi connectivity index (χ4n) is 0.928. The van der Waals surface area contributed by atoms with E-state index in [0.717, 1.165) is 0 Å². The minimum atomic E-state index is -1.02. The smallest absolute Gasteiger partial charge is 0.342 e. The molecule has 0 aromatic heterocycles. The van der Waals surface area contributed by atoms with Crippen LogP contribution in [0.2, 0.25) is 0 Å². The lowest BCUT2D eigenvalue weighted by molar-refractivity contribution is -0.125. The van der Waals surface area contributed by atoms with Crippen LogP contribution in [0.5, 0.6) is 5.75 Å². The Kier molecular flexibility index (Phi) is 3.28. The van der Waals surface area contributed by atoms with Crippen molar-refractivity contribution in [3.8, 4) is 5.75 Å². The van der Waals surface area contributed by atoms with Crippen molar-refractivity contribution in [1.29, 1.82) is 0 Å². The lowest BCUT2D eigenvalue weighted by Crippen LogP contribution is -2.30. The monoisotopic (exact) mass is 209 g/mol. The summed E-state index contributed by atoms with van der Waals surface area (Å²) in [5.74, 6) is -1.71. The molecular weight excluding hydrogens is 198 g/mol. The Morgan fingerprint density at radius 3 is 2.53 bits per heavy atom. The Labute approximate surface area is 86.5 Å². The summed E-state index contributed by atoms with van der Waals surface area (Å²) < 4.78 is 4.71. The number of ether oxygens (including phenoxy) is 1. The topological polar surface area (TPSA) is 89.6 Å². The van der Waals surface area contributed by atoms with Crippen LogP contribution >= 0.6 is 0 Å². The number of nitrogens with two attached hydrogens (primary N) is 1. The van der Waals surface area contributed by atoms with Gasteiger partial charge in [-0.05, 0) is 19.1 Å². The first-order valence-corrected chi connectivity index (χ1v) is 4.30. The van der Waals surface area contributed by atoms with Gasteiger partial charge in [-0.15, -0.1) is 0 Å². The summed E-state index contributed by atoms with van der Waals surface area (Å²) in [6.07, 6.45) is -1.02. The SMILES string of the molecule is C[C@H](OC(=O)c1ccccc1O)C(N)=O. The first-order valence-electron chi connectivity index (χ1n) is 4.30. The van der Waals surface area contributed by atoms with Crippen molar-refractivity contribution in [3.05, 3.63) is 29.8 Å². The summed E-state index contributed by atoms with van der Waals surface area (Å²) in [6, 6.07) is 5.89. The van der Waals surface area contributed by atoms with Gasteiger partial charge in [0.1, 0.15) is 11.3 Å². The Morgan fingerprint density at radius 2 is 2.00 bits per heavy atom. The van der Waals surface area contributed by atoms with E-state index < -0.39 is 18.0 Å². The zero-order valence-corrected chi connectivity index (χ0v) is 8.14. The number of benzene rings is 1. The van der Waals surface area contributed by atoms with E-state index in [4.69, 9.17) is 10.5 Å². The standard InChI is InChI=1S/C10H11NO4/c1-6(9(11)13)15-10(14)7-4-2-3-5-8(7)12/h2-6,12H,1H3,(H2,11,13)/t6-/m0/s1. The Hall–Kier alpha value is -2.04. The molecule has 1 aromatic carbocycles. The van der Waals surface area contributed by atoms with Crippen molar-refractivity contribution >= 4 is 11.9 Å². The van der Waals surface area contributed by atoms with Crippen molar-refractivity contribution in [2.24, 2.45) is 5.73 Å². The van der Waals surface area contributed by atoms with Gasteiger partial charge in [-0.1, -0.05) is 12.1 Å². The summed E-state index contributed by atoms with van der Waals surface area (Å²) in [5.41, 5.74) is 4.93. The van der Waals surface area contributed by atoms with Gasteiger partial charge in [0.15, 0.2) is 6.10 Å². The maximum atomic E-state index is 11.4. The number of phenols is 1. The molecule has 0 aliphatic heterocycles. The minimum absolute atomic E-state index is 0.00519. The van der Waals surface area contributed by atoms with Crippen LogP contribution in [-0.4, -0.2) is 23.1 Å². The highest BCUT2D eigenvalue weighted by Gasteiger charge is 2.18. The van der Waals surface area contributed by atoms with Gasteiger partial charge in [-0.25, -0.2) is 4.79 Å². The molecule has 0 radical (unpaired) electrons. The van der Waals surface area contributed by atoms with E-state index >= 15 is 0 Å². The maximum Gasteiger partial charge on any atom is 0.342 e. The number of carbonyl (C=O) groups is 2. The van der Waals surface area contributed by atoms with Crippen LogP contribution in [0.1, 0.15) is 17.3 Å². The average molecular weight is 209 g/mol. The number of phenolic OH excluding ortho intramolecular Hbond substituents is 1. The average Bonchev–Trinajstić information content (AvgIpc) is 2.18. The number of para-hydroxylation sites is 1. The normalized spacial score (nSPS) is 11.8. The van der Waals surface area contributed by atoms with E-state index in [1.165, 1.54) is 19.1 Å². The van der Waals surface area contributed by atoms with Gasteiger partial charge < -0.3 is 15.6 Å². The van der Waals surface area contributed by atoms with Crippen LogP contribution in [0.4, 0.5) is 0 Å². The van der Waals surface area contributed by atoms with Crippen LogP contribution in [0.25, 0.3) is 0 Å². The van der Waals surface area contributed by atoms with Crippen LogP contribution in [0.3, 0.4) is 0 Å². The fraction of sp³-hybridized carbons (Fsp3) is 0.200. The number of primary amides is 1. The minimum Gasteiger partial charge on any atom is -0.507 e. The predicted octanol–water partition coefficient (Wildman–Crippen LogP) is 0.423. The van der Waals surface area contributed by atoms with Crippen molar-refractivity contribution in [3.63, 3.8) is 0 Å². The maximum absolute atomic E-state index is 11.4. The molecule has 3 N–H and O–H groups in total. The summed E-state index contributed by atoms with van der Waals surface area (Å²) in [4.78, 5) is 22.0. The van der Waals surface area contributed by atoms with E-state index in [9.17, 15) is 14.7 Å². The molecular formula is C10H11NO4. The number of aromatic hydroxyl groups is 1. The molecule has 0 unspecified atom stereocenters. The third-order valence-electron chi connectivity index (χ3n) is 1.81. The largest absolute Gasteiger partial charge is 0.507 e. The van der Waals surface area contributed by atoms with Gasteiger partial charge in [-0.3, -0.25) is 4.79 Å². The van der Waals surface area contributed by atoms with Crippen molar-refractivity contribution in [2.45, 2.75) is 13.0 Å². The first-order chi connectivity index (χ1) is 7.02. The molecule has 0 bridgehead atoms. The van der Waals surface area contributed by atoms with Crippen molar-refractivity contribution < 1.29 is 19.4 Å². The summed E-state index contributed by atoms with van der Waals surface area (Å²) in [5, 5.41) is 9.32. The number of carbonyl (C=O) groups excluding carboxylic acids is 2. The van der Waals surface area contributed by atoms with Gasteiger partial charge >= 0.3 is 5.97 Å². The molecule has 5 nitrogen and oxygen atoms in total. The highest BCUT2D eigenvalue weighted by Crippen LogP contribution is 2.17. The Bertz CT molecular complexity index is 389. The van der Waals surface area contributed by atoms with E-state index in [1.54, 1.807) is 12.1 Å². The van der Waals surface area contributed by atoms with Gasteiger partial charge in [0, 0.05) is 0 Å². The predicted molar refractivity (Wildman–Crippen MR) is 52.2 cm³/mol. The van der Waals surface area contributed by atoms with Gasteiger partial charge in [0.2, 0.25) is 0 Å². The molecule has 0 fully saturated rings. The third kappa shape index (κ3) is 2.70. The molecule has 1 amide bonds. The molecule has 0 saturated heterocycles. The van der Waals surface area contributed by atoms with E-state index in [1.807, 2.05) is 0 Å². The number of hydrogen-bond acceptors (Lipinski definition) is 4. The molecule has 0 saturated carbocycles. The molecule has 0 spiro atoms. The molecule has 15 heavy (non-hydrogen) atoms. The van der Waals surface area contributed by atoms with Gasteiger partial charge in [-0.2, -0.15) is 0 Å². The summed E-state index contributed by atoms with van der Waals surface area (Å²) >= 11 is 0. The lowest BCUT2D eigenvalue weighted by atomic mass is 10.2. The van der Waals surface area contributed by atoms with E-state index in [-0.39, 0.29) is 11.3 Å². The zero-order valence-electron chi connectivity index (χ0n) is 8.14. The lowest BCUT2D eigenvalue weighted by Gasteiger charge is -2.09. The Balaban J connectivity index is 2.78. The van der Waals surface area contributed by atoms with Crippen molar-refractivity contribution in [1.82, 2.24) is 0 Å². The molecule has 1 atom stereocenters. The highest BCUT2D eigenvalue weighted by atomic mass is 16.5. The van der Waals surface area contributed by atoms with Crippen molar-refractivity contribution in [2.75, 3.05) is 0 Å². The van der Waals surface area contributed by atoms with E-state index in [2.05, 4.69) is 0 Å². The van der Waals surface area contributed by atoms with Crippen LogP contribution in [0.15, 0.2) is 24.3 Å². The Morgan fingerprint density at radius 1 is 1.40 bits per heavy atom. The molecule has 0 aliphatic carbocycles. The molecule has 1 aromatic rings. The molecule has 5 heteroatoms. The molecule has 0 heterocycles. The third-order valence-corrected chi connectivity index (χ3v) is 1.81. The number of amides is 1. The second-order valence-electron chi connectivity index (χ2n) is 2.97. The van der Waals surface area contributed by atoms with Gasteiger partial charge in [0.05, 0.1) is 0 Å². The molecule has 1 rings (SSSR count). The zero-order chi connectivity index (χ0) is 11.4. The van der Waals surface area contributed by atoms with Crippen LogP contribution in [-0.2, 0) is 9.53 Å². The highest BCUT2D eigenvalue weighted by molar-refractivity contribution is 5.94. The number of rotatable bonds is 3. The second kappa shape index (κ2) is 4.45. The van der Waals surface area contributed by atoms with Crippen LogP contribution in [0, 0.1) is 0 Å². The molecule has 0 aliphatic rings. The summed E-state index contributed by atoms with van der Waals surface area (Å²) in [7, 11) is 0. The quantitative estimate of drug-likeness (QED) is 0.706. The summed E-state index contributed by atoms with van der Waals surface area (Å²) in [6.45, 7) is 1.36. The van der Waals surface area contributed by atoms with E-state index in [0.29, 0.717) is 0 Å². The first kappa shape index (κ1) is 11.0. The number of esters is 1.